The molecular weight excluding hydrogens is 462 g/mol. The van der Waals surface area contributed by atoms with Gasteiger partial charge < -0.3 is 19.7 Å². The first-order valence-electron chi connectivity index (χ1n) is 9.40. The summed E-state index contributed by atoms with van der Waals surface area (Å²) in [7, 11) is 0. The summed E-state index contributed by atoms with van der Waals surface area (Å²) < 4.78 is 17.5. The molecule has 0 saturated carbocycles. The number of hydrogen-bond acceptors (Lipinski definition) is 6. The first-order valence-corrected chi connectivity index (χ1v) is 10.2. The van der Waals surface area contributed by atoms with Crippen LogP contribution in [0.5, 0.6) is 11.5 Å². The molecule has 3 aromatic carbocycles. The lowest BCUT2D eigenvalue weighted by molar-refractivity contribution is -0.119. The van der Waals surface area contributed by atoms with Gasteiger partial charge in [0.2, 0.25) is 5.82 Å². The maximum absolute atomic E-state index is 10.8. The molecule has 0 bridgehead atoms. The van der Waals surface area contributed by atoms with Gasteiger partial charge in [-0.3, -0.25) is 4.79 Å². The van der Waals surface area contributed by atoms with Crippen molar-refractivity contribution in [2.75, 3.05) is 6.61 Å². The highest BCUT2D eigenvalue weighted by molar-refractivity contribution is 9.10. The Bertz CT molecular complexity index is 1190. The van der Waals surface area contributed by atoms with Crippen molar-refractivity contribution in [2.45, 2.75) is 6.61 Å². The number of amides is 1. The van der Waals surface area contributed by atoms with Crippen molar-refractivity contribution in [2.24, 2.45) is 5.73 Å². The summed E-state index contributed by atoms with van der Waals surface area (Å²) in [5, 5.41) is 4.06. The summed E-state index contributed by atoms with van der Waals surface area (Å²) in [6, 6.07) is 22.4. The first-order chi connectivity index (χ1) is 15.1. The summed E-state index contributed by atoms with van der Waals surface area (Å²) in [4.78, 5) is 15.3. The number of carbonyl (C=O) groups is 1. The summed E-state index contributed by atoms with van der Waals surface area (Å²) in [5.41, 5.74) is 7.62. The first kappa shape index (κ1) is 20.6. The molecule has 0 aliphatic rings. The Labute approximate surface area is 186 Å². The lowest BCUT2D eigenvalue weighted by atomic mass is 10.1. The number of ether oxygens (including phenoxy) is 2. The highest BCUT2D eigenvalue weighted by Gasteiger charge is 2.12. The van der Waals surface area contributed by atoms with Crippen LogP contribution in [0.2, 0.25) is 0 Å². The zero-order valence-corrected chi connectivity index (χ0v) is 17.9. The second kappa shape index (κ2) is 9.44. The molecule has 31 heavy (non-hydrogen) atoms. The zero-order valence-electron chi connectivity index (χ0n) is 16.3. The molecule has 4 aromatic rings. The van der Waals surface area contributed by atoms with Crippen LogP contribution in [0.4, 0.5) is 0 Å². The van der Waals surface area contributed by atoms with Crippen LogP contribution in [0, 0.1) is 0 Å². The molecule has 0 aliphatic heterocycles. The van der Waals surface area contributed by atoms with E-state index in [1.165, 1.54) is 0 Å². The number of hydrogen-bond donors (Lipinski definition) is 1. The quantitative estimate of drug-likeness (QED) is 0.396. The number of primary amides is 1. The molecule has 8 heteroatoms. The standard InChI is InChI=1S/C23H18BrN3O4/c24-18-5-2-6-20(12-18)29-13-15-3-1-4-17(11-15)23-26-22(27-31-23)16-7-9-19(10-8-16)30-14-21(25)28/h1-12H,13-14H2,(H2,25,28). The molecule has 0 fully saturated rings. The molecule has 7 nitrogen and oxygen atoms in total. The maximum atomic E-state index is 10.8. The van der Waals surface area contributed by atoms with Gasteiger partial charge in [0.1, 0.15) is 18.1 Å². The van der Waals surface area contributed by atoms with Gasteiger partial charge in [-0.2, -0.15) is 4.98 Å². The van der Waals surface area contributed by atoms with Gasteiger partial charge in [-0.05, 0) is 60.2 Å². The topological polar surface area (TPSA) is 100 Å². The van der Waals surface area contributed by atoms with Gasteiger partial charge in [-0.25, -0.2) is 0 Å². The number of halogens is 1. The SMILES string of the molecule is NC(=O)COc1ccc(-c2noc(-c3cccc(COc4cccc(Br)c4)c3)n2)cc1. The molecule has 0 spiro atoms. The number of rotatable bonds is 8. The Balaban J connectivity index is 1.45. The summed E-state index contributed by atoms with van der Waals surface area (Å²) >= 11 is 3.44. The summed E-state index contributed by atoms with van der Waals surface area (Å²) in [6.07, 6.45) is 0. The second-order valence-electron chi connectivity index (χ2n) is 6.65. The Morgan fingerprint density at radius 2 is 1.74 bits per heavy atom. The third kappa shape index (κ3) is 5.49. The van der Waals surface area contributed by atoms with Crippen LogP contribution in [0.1, 0.15) is 5.56 Å². The molecule has 0 unspecified atom stereocenters. The van der Waals surface area contributed by atoms with Crippen LogP contribution in [-0.2, 0) is 11.4 Å². The second-order valence-corrected chi connectivity index (χ2v) is 7.56. The van der Waals surface area contributed by atoms with Crippen molar-refractivity contribution in [1.29, 1.82) is 0 Å². The monoisotopic (exact) mass is 479 g/mol. The fourth-order valence-corrected chi connectivity index (χ4v) is 3.21. The molecule has 2 N–H and O–H groups in total. The minimum atomic E-state index is -0.531. The van der Waals surface area contributed by atoms with Crippen LogP contribution in [0.3, 0.4) is 0 Å². The molecule has 0 aliphatic carbocycles. The molecule has 0 radical (unpaired) electrons. The van der Waals surface area contributed by atoms with Crippen LogP contribution in [0.15, 0.2) is 81.8 Å². The third-order valence-corrected chi connectivity index (χ3v) is 4.79. The van der Waals surface area contributed by atoms with E-state index in [-0.39, 0.29) is 6.61 Å². The highest BCUT2D eigenvalue weighted by atomic mass is 79.9. The van der Waals surface area contributed by atoms with Crippen molar-refractivity contribution >= 4 is 21.8 Å². The van der Waals surface area contributed by atoms with Crippen molar-refractivity contribution in [3.05, 3.63) is 82.8 Å². The molecule has 156 valence electrons. The van der Waals surface area contributed by atoms with E-state index in [2.05, 4.69) is 26.1 Å². The van der Waals surface area contributed by atoms with E-state index in [1.807, 2.05) is 48.5 Å². The van der Waals surface area contributed by atoms with E-state index >= 15 is 0 Å². The van der Waals surface area contributed by atoms with Gasteiger partial charge in [0, 0.05) is 15.6 Å². The van der Waals surface area contributed by atoms with Gasteiger partial charge in [0.15, 0.2) is 6.61 Å². The van der Waals surface area contributed by atoms with E-state index < -0.39 is 5.91 Å². The predicted octanol–water partition coefficient (Wildman–Crippen LogP) is 4.61. The fraction of sp³-hybridized carbons (Fsp3) is 0.0870. The van der Waals surface area contributed by atoms with Gasteiger partial charge in [-0.1, -0.05) is 39.3 Å². The molecule has 1 aromatic heterocycles. The summed E-state index contributed by atoms with van der Waals surface area (Å²) in [6.45, 7) is 0.241. The average molecular weight is 480 g/mol. The van der Waals surface area contributed by atoms with E-state index in [0.29, 0.717) is 24.1 Å². The Morgan fingerprint density at radius 3 is 2.52 bits per heavy atom. The van der Waals surface area contributed by atoms with Crippen molar-refractivity contribution in [1.82, 2.24) is 10.1 Å². The molecule has 0 atom stereocenters. The van der Waals surface area contributed by atoms with Gasteiger partial charge in [-0.15, -0.1) is 0 Å². The van der Waals surface area contributed by atoms with Crippen LogP contribution in [-0.4, -0.2) is 22.7 Å². The lowest BCUT2D eigenvalue weighted by Crippen LogP contribution is -2.19. The lowest BCUT2D eigenvalue weighted by Gasteiger charge is -2.07. The third-order valence-electron chi connectivity index (χ3n) is 4.30. The largest absolute Gasteiger partial charge is 0.489 e. The number of benzene rings is 3. The van der Waals surface area contributed by atoms with Gasteiger partial charge >= 0.3 is 0 Å². The van der Waals surface area contributed by atoms with Crippen molar-refractivity contribution in [3.8, 4) is 34.3 Å². The fourth-order valence-electron chi connectivity index (χ4n) is 2.83. The normalized spacial score (nSPS) is 10.6. The van der Waals surface area contributed by atoms with Gasteiger partial charge in [0.25, 0.3) is 11.8 Å². The predicted molar refractivity (Wildman–Crippen MR) is 118 cm³/mol. The smallest absolute Gasteiger partial charge is 0.258 e. The minimum absolute atomic E-state index is 0.173. The van der Waals surface area contributed by atoms with Crippen molar-refractivity contribution in [3.63, 3.8) is 0 Å². The van der Waals surface area contributed by atoms with E-state index in [1.54, 1.807) is 24.3 Å². The number of carbonyl (C=O) groups excluding carboxylic acids is 1. The Kier molecular flexibility index (Phi) is 6.28. The summed E-state index contributed by atoms with van der Waals surface area (Å²) in [5.74, 6) is 1.64. The zero-order chi connectivity index (χ0) is 21.6. The van der Waals surface area contributed by atoms with Crippen LogP contribution < -0.4 is 15.2 Å². The Morgan fingerprint density at radius 1 is 0.935 bits per heavy atom. The average Bonchev–Trinajstić information content (AvgIpc) is 3.27. The Hall–Kier alpha value is -3.65. The molecule has 1 heterocycles. The van der Waals surface area contributed by atoms with E-state index in [4.69, 9.17) is 19.7 Å². The van der Waals surface area contributed by atoms with Crippen LogP contribution in [0.25, 0.3) is 22.8 Å². The maximum Gasteiger partial charge on any atom is 0.258 e. The van der Waals surface area contributed by atoms with Crippen molar-refractivity contribution < 1.29 is 18.8 Å². The number of aromatic nitrogens is 2. The minimum Gasteiger partial charge on any atom is -0.489 e. The molecule has 1 amide bonds. The van der Waals surface area contributed by atoms with E-state index in [9.17, 15) is 4.79 Å². The highest BCUT2D eigenvalue weighted by Crippen LogP contribution is 2.25. The molecule has 4 rings (SSSR count). The number of nitrogens with two attached hydrogens (primary N) is 1. The van der Waals surface area contributed by atoms with Gasteiger partial charge in [0.05, 0.1) is 0 Å². The van der Waals surface area contributed by atoms with E-state index in [0.717, 1.165) is 26.9 Å². The number of nitrogens with zero attached hydrogens (tertiary/aromatic N) is 2. The molecule has 0 saturated heterocycles. The van der Waals surface area contributed by atoms with Crippen LogP contribution >= 0.6 is 15.9 Å². The molecular formula is C23H18BrN3O4.